The maximum atomic E-state index is 6.13. The maximum Gasteiger partial charge on any atom is 0.218 e. The predicted molar refractivity (Wildman–Crippen MR) is 95.6 cm³/mol. The molecule has 0 saturated heterocycles. The van der Waals surface area contributed by atoms with Crippen LogP contribution in [-0.2, 0) is 0 Å². The molecular weight excluding hydrogens is 312 g/mol. The van der Waals surface area contributed by atoms with Gasteiger partial charge in [0, 0.05) is 4.90 Å². The van der Waals surface area contributed by atoms with E-state index in [0.717, 1.165) is 11.3 Å². The summed E-state index contributed by atoms with van der Waals surface area (Å²) in [5.74, 6) is 0.364. The summed E-state index contributed by atoms with van der Waals surface area (Å²) in [4.78, 5) is 5.65. The minimum Gasteiger partial charge on any atom is -0.368 e. The second kappa shape index (κ2) is 6.89. The zero-order chi connectivity index (χ0) is 15.4. The molecular formula is C16H15N4S2. The van der Waals surface area contributed by atoms with E-state index >= 15 is 0 Å². The predicted octanol–water partition coefficient (Wildman–Crippen LogP) is 3.92. The number of rotatable bonds is 3. The van der Waals surface area contributed by atoms with Gasteiger partial charge >= 0.3 is 0 Å². The minimum absolute atomic E-state index is 0.0181. The van der Waals surface area contributed by atoms with Crippen LogP contribution in [0.25, 0.3) is 0 Å². The molecule has 0 aliphatic carbocycles. The molecule has 2 aromatic carbocycles. The van der Waals surface area contributed by atoms with Crippen LogP contribution in [0.4, 0.5) is 5.69 Å². The van der Waals surface area contributed by atoms with Gasteiger partial charge in [0.15, 0.2) is 5.55 Å². The standard InChI is InChI=1S/C16H15N4S2/c1-21-14-9-7-13(8-10-14)19-16(17)20-15(22-11-18-20)12-5-3-2-4-6-12/h2-10,15H,1H3,(H2,17,19). The van der Waals surface area contributed by atoms with Gasteiger partial charge in [-0.1, -0.05) is 42.1 Å². The van der Waals surface area contributed by atoms with Crippen molar-refractivity contribution in [1.82, 2.24) is 5.01 Å². The number of hydrogen-bond acceptors (Lipinski definition) is 4. The van der Waals surface area contributed by atoms with Gasteiger partial charge in [0.2, 0.25) is 5.96 Å². The second-order valence-corrected chi connectivity index (χ2v) is 6.33. The molecule has 0 bridgehead atoms. The van der Waals surface area contributed by atoms with Crippen molar-refractivity contribution in [2.45, 2.75) is 10.3 Å². The number of nitrogens with zero attached hydrogens (tertiary/aromatic N) is 3. The number of hydrazone groups is 1. The largest absolute Gasteiger partial charge is 0.368 e. The van der Waals surface area contributed by atoms with Crippen LogP contribution in [0.15, 0.2) is 69.6 Å². The van der Waals surface area contributed by atoms with Crippen LogP contribution in [0, 0.1) is 0 Å². The van der Waals surface area contributed by atoms with Crippen molar-refractivity contribution in [1.29, 1.82) is 0 Å². The first-order valence-corrected chi connectivity index (χ1v) is 8.82. The Kier molecular flexibility index (Phi) is 4.70. The Hall–Kier alpha value is -1.92. The molecule has 0 aromatic heterocycles. The summed E-state index contributed by atoms with van der Waals surface area (Å²) in [5, 5.41) is 5.89. The van der Waals surface area contributed by atoms with Gasteiger partial charge in [-0.2, -0.15) is 5.10 Å². The molecule has 1 aliphatic heterocycles. The lowest BCUT2D eigenvalue weighted by molar-refractivity contribution is 0.435. The average molecular weight is 327 g/mol. The Morgan fingerprint density at radius 3 is 2.64 bits per heavy atom. The third-order valence-corrected chi connectivity index (χ3v) is 4.80. The van der Waals surface area contributed by atoms with Gasteiger partial charge in [-0.3, -0.25) is 0 Å². The molecule has 22 heavy (non-hydrogen) atoms. The Labute approximate surface area is 138 Å². The molecule has 0 fully saturated rings. The molecule has 1 unspecified atom stereocenters. The Morgan fingerprint density at radius 1 is 1.23 bits per heavy atom. The van der Waals surface area contributed by atoms with Crippen LogP contribution in [0.1, 0.15) is 10.9 Å². The fourth-order valence-electron chi connectivity index (χ4n) is 2.06. The Morgan fingerprint density at radius 2 is 1.95 bits per heavy atom. The van der Waals surface area contributed by atoms with Crippen molar-refractivity contribution in [3.8, 4) is 0 Å². The van der Waals surface area contributed by atoms with Gasteiger partial charge in [0.1, 0.15) is 5.37 Å². The molecule has 111 valence electrons. The third kappa shape index (κ3) is 3.28. The number of aliphatic imine (C=N–C) groups is 1. The zero-order valence-electron chi connectivity index (χ0n) is 12.0. The van der Waals surface area contributed by atoms with Crippen molar-refractivity contribution in [2.75, 3.05) is 6.26 Å². The lowest BCUT2D eigenvalue weighted by Crippen LogP contribution is -2.32. The maximum absolute atomic E-state index is 6.13. The van der Waals surface area contributed by atoms with E-state index in [-0.39, 0.29) is 5.37 Å². The smallest absolute Gasteiger partial charge is 0.218 e. The molecule has 0 saturated carbocycles. The van der Waals surface area contributed by atoms with E-state index in [2.05, 4.69) is 15.6 Å². The summed E-state index contributed by atoms with van der Waals surface area (Å²) >= 11 is 3.19. The first-order chi connectivity index (χ1) is 10.8. The molecule has 1 radical (unpaired) electrons. The molecule has 2 aromatic rings. The molecule has 0 amide bonds. The Balaban J connectivity index is 1.82. The fraction of sp³-hybridized carbons (Fsp3) is 0.125. The Bertz CT molecular complexity index is 683. The highest BCUT2D eigenvalue weighted by Crippen LogP contribution is 2.35. The van der Waals surface area contributed by atoms with E-state index in [1.54, 1.807) is 16.8 Å². The second-order valence-electron chi connectivity index (χ2n) is 4.58. The summed E-state index contributed by atoms with van der Waals surface area (Å²) in [6.45, 7) is 0. The zero-order valence-corrected chi connectivity index (χ0v) is 13.6. The molecule has 1 aliphatic rings. The van der Waals surface area contributed by atoms with E-state index in [9.17, 15) is 0 Å². The summed E-state index contributed by atoms with van der Waals surface area (Å²) in [5.41, 5.74) is 11.0. The molecule has 1 heterocycles. The van der Waals surface area contributed by atoms with Crippen LogP contribution in [0.2, 0.25) is 0 Å². The van der Waals surface area contributed by atoms with E-state index in [0.29, 0.717) is 5.96 Å². The third-order valence-electron chi connectivity index (χ3n) is 3.17. The highest BCUT2D eigenvalue weighted by atomic mass is 32.2. The highest BCUT2D eigenvalue weighted by molar-refractivity contribution is 8.12. The SMILES string of the molecule is CSc1ccc(N=C(N)N2N=[C]SC2c2ccccc2)cc1. The average Bonchev–Trinajstić information content (AvgIpc) is 3.06. The molecule has 1 atom stereocenters. The minimum atomic E-state index is -0.0181. The van der Waals surface area contributed by atoms with Gasteiger partial charge in [0.05, 0.1) is 5.69 Å². The van der Waals surface area contributed by atoms with Gasteiger partial charge < -0.3 is 5.73 Å². The summed E-state index contributed by atoms with van der Waals surface area (Å²) < 4.78 is 0. The first-order valence-electron chi connectivity index (χ1n) is 6.71. The van der Waals surface area contributed by atoms with E-state index in [4.69, 9.17) is 5.73 Å². The van der Waals surface area contributed by atoms with Crippen LogP contribution in [-0.4, -0.2) is 22.8 Å². The normalized spacial score (nSPS) is 18.0. The van der Waals surface area contributed by atoms with Crippen LogP contribution < -0.4 is 5.73 Å². The number of nitrogens with two attached hydrogens (primary N) is 1. The lowest BCUT2D eigenvalue weighted by atomic mass is 10.2. The molecule has 4 nitrogen and oxygen atoms in total. The summed E-state index contributed by atoms with van der Waals surface area (Å²) in [7, 11) is 0. The van der Waals surface area contributed by atoms with Crippen molar-refractivity contribution in [3.63, 3.8) is 0 Å². The number of thioether (sulfide) groups is 2. The van der Waals surface area contributed by atoms with Crippen LogP contribution >= 0.6 is 23.5 Å². The van der Waals surface area contributed by atoms with Crippen LogP contribution in [0.3, 0.4) is 0 Å². The van der Waals surface area contributed by atoms with Gasteiger partial charge in [-0.15, -0.1) is 11.8 Å². The number of hydrogen-bond donors (Lipinski definition) is 1. The van der Waals surface area contributed by atoms with Gasteiger partial charge in [-0.25, -0.2) is 10.0 Å². The highest BCUT2D eigenvalue weighted by Gasteiger charge is 2.26. The van der Waals surface area contributed by atoms with Crippen molar-refractivity contribution < 1.29 is 0 Å². The molecule has 2 N–H and O–H groups in total. The number of guanidine groups is 1. The van der Waals surface area contributed by atoms with Gasteiger partial charge in [-0.05, 0) is 36.1 Å². The quantitative estimate of drug-likeness (QED) is 0.527. The van der Waals surface area contributed by atoms with Gasteiger partial charge in [0.25, 0.3) is 0 Å². The molecule has 6 heteroatoms. The first kappa shape index (κ1) is 15.0. The summed E-state index contributed by atoms with van der Waals surface area (Å²) in [6, 6.07) is 18.0. The monoisotopic (exact) mass is 327 g/mol. The van der Waals surface area contributed by atoms with Crippen LogP contribution in [0.5, 0.6) is 0 Å². The topological polar surface area (TPSA) is 54.0 Å². The van der Waals surface area contributed by atoms with E-state index in [1.165, 1.54) is 16.7 Å². The molecule has 0 spiro atoms. The number of benzene rings is 2. The van der Waals surface area contributed by atoms with Crippen molar-refractivity contribution in [3.05, 3.63) is 60.2 Å². The van der Waals surface area contributed by atoms with E-state index < -0.39 is 0 Å². The fourth-order valence-corrected chi connectivity index (χ4v) is 3.25. The lowest BCUT2D eigenvalue weighted by Gasteiger charge is -2.21. The van der Waals surface area contributed by atoms with E-state index in [1.807, 2.05) is 60.9 Å². The van der Waals surface area contributed by atoms with Crippen molar-refractivity contribution >= 4 is 40.7 Å². The molecule has 3 rings (SSSR count). The summed E-state index contributed by atoms with van der Waals surface area (Å²) in [6.07, 6.45) is 2.04. The van der Waals surface area contributed by atoms with Crippen molar-refractivity contribution in [2.24, 2.45) is 15.8 Å².